The average Bonchev–Trinajstić information content (AvgIpc) is 3.59. The number of nitrogens with one attached hydrogen (secondary N) is 3. The molecule has 0 aliphatic carbocycles. The fourth-order valence-corrected chi connectivity index (χ4v) is 10.2. The molecule has 36 nitrogen and oxygen atoms in total. The summed E-state index contributed by atoms with van der Waals surface area (Å²) in [6.45, 7) is -0.927. The predicted molar refractivity (Wildman–Crippen MR) is 250 cm³/mol. The van der Waals surface area contributed by atoms with Gasteiger partial charge in [-0.2, -0.15) is 0 Å². The molecule has 0 aromatic carbocycles. The highest BCUT2D eigenvalue weighted by molar-refractivity contribution is 5.76. The number of carbonyl (C=O) groups excluding carboxylic acids is 3. The molecule has 31 atom stereocenters. The van der Waals surface area contributed by atoms with E-state index in [0.717, 1.165) is 20.8 Å². The summed E-state index contributed by atoms with van der Waals surface area (Å²) in [6.07, 6.45) is -54.6. The summed E-state index contributed by atoms with van der Waals surface area (Å²) < 4.78 is 64.2. The zero-order chi connectivity index (χ0) is 60.3. The van der Waals surface area contributed by atoms with Crippen LogP contribution in [0.15, 0.2) is 0 Å². The predicted octanol–water partition coefficient (Wildman–Crippen LogP) is -13.4. The first-order chi connectivity index (χ1) is 38.0. The van der Waals surface area contributed by atoms with Crippen LogP contribution in [0.5, 0.6) is 0 Å². The molecule has 0 saturated carbocycles. The number of aliphatic hydroxyl groups excluding tert-OH is 17. The molecule has 0 aromatic heterocycles. The van der Waals surface area contributed by atoms with E-state index in [2.05, 4.69) is 16.0 Å². The lowest BCUT2D eigenvalue weighted by atomic mass is 9.90. The quantitative estimate of drug-likeness (QED) is 0.0507. The van der Waals surface area contributed by atoms with Crippen molar-refractivity contribution >= 4 is 23.7 Å². The van der Waals surface area contributed by atoms with Crippen LogP contribution in [-0.4, -0.2) is 338 Å². The van der Waals surface area contributed by atoms with Crippen molar-refractivity contribution in [3.63, 3.8) is 0 Å². The van der Waals surface area contributed by atoms with Gasteiger partial charge in [0, 0.05) is 27.2 Å². The molecule has 0 radical (unpaired) electrons. The Morgan fingerprint density at radius 2 is 1.05 bits per heavy atom. The standard InChI is InChI=1S/C45H75N3O33/c1-11-24(58)31(65)32(66)42(72-11)77-34-19(9-52)76-40(23(48-14(4)55)36(34)79-41-21(46-12(2)53)30(64)27(61)17(7-50)74-41)71-10-20-29(63)35(22(39(68)73-20)47-13(3)54)78-43-33(67)38(28(62)18(8-51)75-43)81-45(44(69)70)5-15(56)25(59)37(80-45)26(60)16(57)6-49/h11,15-43,49-52,56-68H,5-10H2,1-4H3,(H,46,53)(H,47,54)(H,48,55)(H,69,70)/t11-,15-,16+,17+,18+,19+,20+,21+,22+,23+,24+,25+,26+,27+,28-,29-,30+,31+,32-,33+,34+,35+,36+,37+,38-,39?,40+,41-,42-,43-,45-/m0/s1. The Bertz CT molecular complexity index is 2080. The topological polar surface area (TPSA) is 570 Å². The summed E-state index contributed by atoms with van der Waals surface area (Å²) in [5.41, 5.74) is 0. The first-order valence-corrected chi connectivity index (χ1v) is 25.6. The van der Waals surface area contributed by atoms with Crippen LogP contribution in [0, 0.1) is 0 Å². The number of hydrogen-bond donors (Lipinski definition) is 21. The monoisotopic (exact) mass is 1190 g/mol. The molecular weight excluding hydrogens is 1110 g/mol. The second kappa shape index (κ2) is 28.3. The van der Waals surface area contributed by atoms with Crippen molar-refractivity contribution in [2.24, 2.45) is 0 Å². The molecule has 21 N–H and O–H groups in total. The summed E-state index contributed by atoms with van der Waals surface area (Å²) in [5, 5.41) is 201. The molecule has 6 fully saturated rings. The van der Waals surface area contributed by atoms with Gasteiger partial charge >= 0.3 is 5.97 Å². The molecule has 3 amide bonds. The molecule has 36 heteroatoms. The third-order valence-corrected chi connectivity index (χ3v) is 14.5. The SMILES string of the molecule is CC(=O)N[C@H]1[C@H](O[C@@H]2[C@@H](NC(C)=O)[C@H](OC[C@H]3OC(O)[C@H](NC(C)=O)[C@@H](O[C@@H]4O[C@H](CO)[C@H](O)[C@H](O[C@]5(C(=O)O)C[C@H](O)[C@@H](O)[C@H]([C@H](O)[C@H](O)CO)O5)[C@H]4O)[C@H]3O)O[C@H](CO)[C@H]2O[C@@H]2O[C@@H](C)[C@@H](O)[C@@H](O)[C@@H]2O)O[C@H](CO)[C@@H](O)[C@@H]1O. The lowest BCUT2D eigenvalue weighted by Crippen LogP contribution is -2.71. The van der Waals surface area contributed by atoms with Gasteiger partial charge in [-0.1, -0.05) is 0 Å². The molecule has 6 rings (SSSR count). The summed E-state index contributed by atoms with van der Waals surface area (Å²) in [5.74, 6) is -7.87. The van der Waals surface area contributed by atoms with E-state index in [1.807, 2.05) is 0 Å². The van der Waals surface area contributed by atoms with E-state index < -0.39 is 253 Å². The van der Waals surface area contributed by atoms with Crippen LogP contribution in [0.25, 0.3) is 0 Å². The Labute approximate surface area is 459 Å². The number of aliphatic hydroxyl groups is 17. The lowest BCUT2D eigenvalue weighted by molar-refractivity contribution is -0.386. The second-order valence-electron chi connectivity index (χ2n) is 20.4. The van der Waals surface area contributed by atoms with Gasteiger partial charge in [-0.25, -0.2) is 4.79 Å². The van der Waals surface area contributed by atoms with Crippen LogP contribution in [0.1, 0.15) is 34.1 Å². The van der Waals surface area contributed by atoms with Crippen LogP contribution >= 0.6 is 0 Å². The number of rotatable bonds is 21. The summed E-state index contributed by atoms with van der Waals surface area (Å²) in [4.78, 5) is 50.9. The van der Waals surface area contributed by atoms with Crippen molar-refractivity contribution in [2.75, 3.05) is 33.0 Å². The Kier molecular flexibility index (Phi) is 23.4. The molecular formula is C45H75N3O33. The zero-order valence-electron chi connectivity index (χ0n) is 43.7. The Morgan fingerprint density at radius 1 is 0.531 bits per heavy atom. The third kappa shape index (κ3) is 14.7. The molecule has 6 heterocycles. The maximum absolute atomic E-state index is 13.1. The van der Waals surface area contributed by atoms with Crippen molar-refractivity contribution < 1.29 is 163 Å². The molecule has 0 spiro atoms. The van der Waals surface area contributed by atoms with Gasteiger partial charge < -0.3 is 160 Å². The van der Waals surface area contributed by atoms with Crippen LogP contribution < -0.4 is 16.0 Å². The molecule has 81 heavy (non-hydrogen) atoms. The van der Waals surface area contributed by atoms with E-state index in [-0.39, 0.29) is 0 Å². The highest BCUT2D eigenvalue weighted by Crippen LogP contribution is 2.39. The largest absolute Gasteiger partial charge is 0.477 e. The van der Waals surface area contributed by atoms with Gasteiger partial charge in [0.05, 0.1) is 45.2 Å². The van der Waals surface area contributed by atoms with E-state index in [9.17, 15) is 111 Å². The lowest BCUT2D eigenvalue weighted by Gasteiger charge is -2.51. The van der Waals surface area contributed by atoms with Gasteiger partial charge in [0.15, 0.2) is 31.5 Å². The van der Waals surface area contributed by atoms with Gasteiger partial charge in [-0.05, 0) is 6.92 Å². The van der Waals surface area contributed by atoms with Crippen LogP contribution in [0.4, 0.5) is 0 Å². The van der Waals surface area contributed by atoms with Crippen LogP contribution in [0.3, 0.4) is 0 Å². The molecule has 0 bridgehead atoms. The first-order valence-electron chi connectivity index (χ1n) is 25.6. The number of aliphatic carboxylic acids is 1. The van der Waals surface area contributed by atoms with Crippen molar-refractivity contribution in [1.29, 1.82) is 0 Å². The summed E-state index contributed by atoms with van der Waals surface area (Å²) >= 11 is 0. The van der Waals surface area contributed by atoms with Crippen molar-refractivity contribution in [1.82, 2.24) is 16.0 Å². The maximum atomic E-state index is 13.1. The zero-order valence-corrected chi connectivity index (χ0v) is 43.7. The van der Waals surface area contributed by atoms with Crippen LogP contribution in [0.2, 0.25) is 0 Å². The molecule has 1 unspecified atom stereocenters. The number of carboxylic acids is 1. The van der Waals surface area contributed by atoms with E-state index >= 15 is 0 Å². The Morgan fingerprint density at radius 3 is 1.63 bits per heavy atom. The number of carboxylic acid groups (broad SMARTS) is 1. The maximum Gasteiger partial charge on any atom is 0.364 e. The van der Waals surface area contributed by atoms with Gasteiger partial charge in [0.25, 0.3) is 5.79 Å². The van der Waals surface area contributed by atoms with Gasteiger partial charge in [-0.15, -0.1) is 0 Å². The Hall–Kier alpha value is -3.24. The van der Waals surface area contributed by atoms with Crippen molar-refractivity contribution in [3.05, 3.63) is 0 Å². The van der Waals surface area contributed by atoms with E-state index in [4.69, 9.17) is 52.1 Å². The van der Waals surface area contributed by atoms with E-state index in [1.54, 1.807) is 0 Å². The highest BCUT2D eigenvalue weighted by Gasteiger charge is 2.61. The minimum absolute atomic E-state index is 0.797. The number of hydrogen-bond acceptors (Lipinski definition) is 32. The molecule has 6 saturated heterocycles. The number of carbonyl (C=O) groups is 4. The molecule has 6 aliphatic rings. The molecule has 6 aliphatic heterocycles. The van der Waals surface area contributed by atoms with E-state index in [0.29, 0.717) is 0 Å². The van der Waals surface area contributed by atoms with Crippen LogP contribution in [-0.2, 0) is 71.3 Å². The molecule has 468 valence electrons. The minimum atomic E-state index is -3.22. The first kappa shape index (κ1) is 66.9. The minimum Gasteiger partial charge on any atom is -0.477 e. The van der Waals surface area contributed by atoms with E-state index in [1.165, 1.54) is 6.92 Å². The van der Waals surface area contributed by atoms with Gasteiger partial charge in [0.1, 0.15) is 140 Å². The Balaban J connectivity index is 1.31. The number of ether oxygens (including phenoxy) is 11. The third-order valence-electron chi connectivity index (χ3n) is 14.5. The van der Waals surface area contributed by atoms with Gasteiger partial charge in [0.2, 0.25) is 17.7 Å². The van der Waals surface area contributed by atoms with Crippen molar-refractivity contribution in [3.8, 4) is 0 Å². The second-order valence-corrected chi connectivity index (χ2v) is 20.4. The smallest absolute Gasteiger partial charge is 0.364 e. The molecule has 0 aromatic rings. The highest BCUT2D eigenvalue weighted by atomic mass is 16.8. The normalized spacial score (nSPS) is 46.7. The summed E-state index contributed by atoms with van der Waals surface area (Å²) in [6, 6.07) is -5.27. The number of amides is 3. The average molecular weight is 1190 g/mol. The fourth-order valence-electron chi connectivity index (χ4n) is 10.2. The van der Waals surface area contributed by atoms with Gasteiger partial charge in [-0.3, -0.25) is 14.4 Å². The summed E-state index contributed by atoms with van der Waals surface area (Å²) in [7, 11) is 0. The van der Waals surface area contributed by atoms with Crippen molar-refractivity contribution in [2.45, 2.75) is 224 Å². The fraction of sp³-hybridized carbons (Fsp3) is 0.911.